The van der Waals surface area contributed by atoms with Gasteiger partial charge in [-0.05, 0) is 12.1 Å². The van der Waals surface area contributed by atoms with E-state index in [1.807, 2.05) is 36.4 Å². The van der Waals surface area contributed by atoms with E-state index >= 15 is 0 Å². The molecule has 1 N–H and O–H groups in total. The van der Waals surface area contributed by atoms with Crippen LogP contribution in [-0.2, 0) is 0 Å². The van der Waals surface area contributed by atoms with Crippen LogP contribution in [0.15, 0.2) is 42.6 Å². The van der Waals surface area contributed by atoms with Gasteiger partial charge >= 0.3 is 0 Å². The van der Waals surface area contributed by atoms with E-state index in [2.05, 4.69) is 10.4 Å². The fraction of sp³-hybridized carbons (Fsp3) is 0. The molecule has 0 atom stereocenters. The Labute approximate surface area is 77.0 Å². The van der Waals surface area contributed by atoms with E-state index in [-0.39, 0.29) is 0 Å². The van der Waals surface area contributed by atoms with Crippen LogP contribution in [0.1, 0.15) is 0 Å². The summed E-state index contributed by atoms with van der Waals surface area (Å²) in [6.07, 6.45) is 1.70. The monoisotopic (exact) mass is 171 g/mol. The summed E-state index contributed by atoms with van der Waals surface area (Å²) in [7, 11) is 5.32. The van der Waals surface area contributed by atoms with Gasteiger partial charge in [0, 0.05) is 6.07 Å². The second-order valence-electron chi connectivity index (χ2n) is 2.61. The lowest BCUT2D eigenvalue weighted by atomic mass is 10.3. The highest BCUT2D eigenvalue weighted by molar-refractivity contribution is 5.44. The third-order valence-electron chi connectivity index (χ3n) is 1.79. The minimum atomic E-state index is 0.770. The van der Waals surface area contributed by atoms with Gasteiger partial charge in [0.05, 0.1) is 18.9 Å². The van der Waals surface area contributed by atoms with Crippen molar-refractivity contribution in [2.45, 2.75) is 0 Å². The first-order valence-electron chi connectivity index (χ1n) is 3.98. The van der Waals surface area contributed by atoms with Gasteiger partial charge in [-0.2, -0.15) is 5.10 Å². The molecule has 0 fully saturated rings. The van der Waals surface area contributed by atoms with Crippen LogP contribution in [0.2, 0.25) is 0 Å². The summed E-state index contributed by atoms with van der Waals surface area (Å²) >= 11 is 0. The van der Waals surface area contributed by atoms with Gasteiger partial charge in [0.25, 0.3) is 0 Å². The maximum Gasteiger partial charge on any atom is 0.130 e. The predicted molar refractivity (Wildman–Crippen MR) is 51.5 cm³/mol. The molecule has 0 aliphatic carbocycles. The standard InChI is InChI=1S/C10H9N3/c1-11-10-7-8-12-13(10)9-5-3-2-4-6-9/h1-8,11H. The number of nitrogens with zero attached hydrogens (tertiary/aromatic N) is 2. The minimum Gasteiger partial charge on any atom is -0.363 e. The predicted octanol–water partition coefficient (Wildman–Crippen LogP) is 1.95. The Morgan fingerprint density at radius 1 is 1.15 bits per heavy atom. The average Bonchev–Trinajstić information content (AvgIpc) is 2.67. The van der Waals surface area contributed by atoms with E-state index in [0.29, 0.717) is 0 Å². The quantitative estimate of drug-likeness (QED) is 0.700. The van der Waals surface area contributed by atoms with Crippen molar-refractivity contribution in [3.05, 3.63) is 49.6 Å². The summed E-state index contributed by atoms with van der Waals surface area (Å²) in [6, 6.07) is 11.6. The molecule has 64 valence electrons. The Bertz CT molecular complexity index is 378. The number of aromatic nitrogens is 2. The van der Waals surface area contributed by atoms with Crippen molar-refractivity contribution >= 4 is 5.82 Å². The second kappa shape index (κ2) is 3.31. The lowest BCUT2D eigenvalue weighted by Crippen LogP contribution is -2.00. The first-order chi connectivity index (χ1) is 6.42. The van der Waals surface area contributed by atoms with Crippen molar-refractivity contribution < 1.29 is 0 Å². The number of hydrogen-bond donors (Lipinski definition) is 1. The topological polar surface area (TPSA) is 29.9 Å². The van der Waals surface area contributed by atoms with Crippen molar-refractivity contribution in [3.8, 4) is 5.69 Å². The molecule has 1 heterocycles. The minimum absolute atomic E-state index is 0.770. The van der Waals surface area contributed by atoms with Gasteiger partial charge in [0.15, 0.2) is 0 Å². The average molecular weight is 171 g/mol. The summed E-state index contributed by atoms with van der Waals surface area (Å²) in [4.78, 5) is 0. The van der Waals surface area contributed by atoms with Crippen LogP contribution in [0.3, 0.4) is 0 Å². The van der Waals surface area contributed by atoms with E-state index in [1.54, 1.807) is 10.9 Å². The third-order valence-corrected chi connectivity index (χ3v) is 1.79. The number of nitrogens with one attached hydrogen (secondary N) is 1. The van der Waals surface area contributed by atoms with Crippen LogP contribution >= 0.6 is 0 Å². The first-order valence-corrected chi connectivity index (χ1v) is 3.98. The van der Waals surface area contributed by atoms with E-state index in [0.717, 1.165) is 11.5 Å². The van der Waals surface area contributed by atoms with Crippen LogP contribution in [0.25, 0.3) is 5.69 Å². The van der Waals surface area contributed by atoms with Crippen molar-refractivity contribution in [2.75, 3.05) is 5.32 Å². The molecule has 0 amide bonds. The summed E-state index contributed by atoms with van der Waals surface area (Å²) in [5, 5.41) is 6.71. The van der Waals surface area contributed by atoms with Crippen molar-refractivity contribution in [1.29, 1.82) is 0 Å². The SMILES string of the molecule is [CH]Nc1ccnn1-c1ccccc1. The normalized spacial score (nSPS) is 9.92. The molecule has 0 spiro atoms. The third kappa shape index (κ3) is 1.40. The molecule has 1 aromatic carbocycles. The molecule has 0 saturated heterocycles. The van der Waals surface area contributed by atoms with Gasteiger partial charge in [-0.3, -0.25) is 0 Å². The van der Waals surface area contributed by atoms with Gasteiger partial charge in [-0.15, -0.1) is 0 Å². The van der Waals surface area contributed by atoms with Gasteiger partial charge < -0.3 is 5.32 Å². The zero-order chi connectivity index (χ0) is 9.10. The number of benzene rings is 1. The Morgan fingerprint density at radius 2 is 1.92 bits per heavy atom. The molecule has 2 rings (SSSR count). The molecule has 0 saturated carbocycles. The van der Waals surface area contributed by atoms with Gasteiger partial charge in [-0.1, -0.05) is 18.2 Å². The fourth-order valence-electron chi connectivity index (χ4n) is 1.19. The first kappa shape index (κ1) is 7.86. The Morgan fingerprint density at radius 3 is 2.62 bits per heavy atom. The summed E-state index contributed by atoms with van der Waals surface area (Å²) in [5.74, 6) is 0.770. The van der Waals surface area contributed by atoms with E-state index in [4.69, 9.17) is 7.05 Å². The second-order valence-corrected chi connectivity index (χ2v) is 2.61. The maximum atomic E-state index is 5.32. The summed E-state index contributed by atoms with van der Waals surface area (Å²) in [5.41, 5.74) is 0.987. The fourth-order valence-corrected chi connectivity index (χ4v) is 1.19. The molecular weight excluding hydrogens is 162 g/mol. The van der Waals surface area contributed by atoms with Crippen LogP contribution in [-0.4, -0.2) is 9.78 Å². The molecule has 0 bridgehead atoms. The molecule has 2 aromatic rings. The molecule has 0 aliphatic heterocycles. The van der Waals surface area contributed by atoms with Gasteiger partial charge in [0.1, 0.15) is 5.82 Å². The van der Waals surface area contributed by atoms with Gasteiger partial charge in [0.2, 0.25) is 0 Å². The molecule has 0 aliphatic rings. The van der Waals surface area contributed by atoms with Crippen LogP contribution in [0, 0.1) is 7.05 Å². The molecular formula is C10H9N3. The molecule has 3 nitrogen and oxygen atoms in total. The van der Waals surface area contributed by atoms with Crippen LogP contribution in [0.4, 0.5) is 5.82 Å². The number of rotatable bonds is 2. The lowest BCUT2D eigenvalue weighted by molar-refractivity contribution is 0.887. The Balaban J connectivity index is 2.47. The molecule has 3 heteroatoms. The zero-order valence-corrected chi connectivity index (χ0v) is 7.01. The molecule has 1 aromatic heterocycles. The maximum absolute atomic E-state index is 5.32. The highest BCUT2D eigenvalue weighted by Crippen LogP contribution is 2.13. The van der Waals surface area contributed by atoms with E-state index in [1.165, 1.54) is 0 Å². The molecule has 2 radical (unpaired) electrons. The Kier molecular flexibility index (Phi) is 2.00. The van der Waals surface area contributed by atoms with Crippen molar-refractivity contribution in [3.63, 3.8) is 0 Å². The highest BCUT2D eigenvalue weighted by atomic mass is 15.3. The number of hydrogen-bond acceptors (Lipinski definition) is 2. The number of anilines is 1. The lowest BCUT2D eigenvalue weighted by Gasteiger charge is -2.05. The molecule has 0 unspecified atom stereocenters. The van der Waals surface area contributed by atoms with Crippen LogP contribution < -0.4 is 5.32 Å². The number of para-hydroxylation sites is 1. The smallest absolute Gasteiger partial charge is 0.130 e. The van der Waals surface area contributed by atoms with Gasteiger partial charge in [-0.25, -0.2) is 4.68 Å². The van der Waals surface area contributed by atoms with Crippen molar-refractivity contribution in [1.82, 2.24) is 9.78 Å². The summed E-state index contributed by atoms with van der Waals surface area (Å²) < 4.78 is 1.74. The van der Waals surface area contributed by atoms with Crippen molar-refractivity contribution in [2.24, 2.45) is 0 Å². The highest BCUT2D eigenvalue weighted by Gasteiger charge is 2.00. The Hall–Kier alpha value is -1.77. The van der Waals surface area contributed by atoms with E-state index in [9.17, 15) is 0 Å². The molecule has 13 heavy (non-hydrogen) atoms. The summed E-state index contributed by atoms with van der Waals surface area (Å²) in [6.45, 7) is 0. The largest absolute Gasteiger partial charge is 0.363 e. The zero-order valence-electron chi connectivity index (χ0n) is 7.01. The van der Waals surface area contributed by atoms with Crippen LogP contribution in [0.5, 0.6) is 0 Å². The van der Waals surface area contributed by atoms with E-state index < -0.39 is 0 Å².